The van der Waals surface area contributed by atoms with Crippen molar-refractivity contribution in [2.24, 2.45) is 0 Å². The van der Waals surface area contributed by atoms with E-state index < -0.39 is 0 Å². The van der Waals surface area contributed by atoms with Crippen molar-refractivity contribution in [1.82, 2.24) is 9.55 Å². The highest BCUT2D eigenvalue weighted by Crippen LogP contribution is 2.31. The molecule has 1 aliphatic rings. The van der Waals surface area contributed by atoms with Crippen LogP contribution in [0.25, 0.3) is 10.9 Å². The molecule has 0 amide bonds. The van der Waals surface area contributed by atoms with E-state index in [2.05, 4.69) is 11.1 Å². The SMILES string of the molecule is N#CCSc1nc2ccccc2c(=O)n1C[C@@H]1COc2ccccc2O1. The number of para-hydroxylation sites is 3. The van der Waals surface area contributed by atoms with Gasteiger partial charge in [-0.25, -0.2) is 4.98 Å². The lowest BCUT2D eigenvalue weighted by Gasteiger charge is -2.27. The lowest BCUT2D eigenvalue weighted by Crippen LogP contribution is -2.37. The Morgan fingerprint density at radius 1 is 1.19 bits per heavy atom. The highest BCUT2D eigenvalue weighted by molar-refractivity contribution is 7.99. The van der Waals surface area contributed by atoms with Gasteiger partial charge < -0.3 is 9.47 Å². The van der Waals surface area contributed by atoms with Crippen LogP contribution in [0.5, 0.6) is 11.5 Å². The molecule has 0 bridgehead atoms. The first-order chi connectivity index (χ1) is 12.8. The van der Waals surface area contributed by atoms with Crippen LogP contribution in [0.1, 0.15) is 0 Å². The smallest absolute Gasteiger partial charge is 0.262 e. The normalized spacial score (nSPS) is 15.6. The molecule has 26 heavy (non-hydrogen) atoms. The highest BCUT2D eigenvalue weighted by Gasteiger charge is 2.23. The zero-order valence-corrected chi connectivity index (χ0v) is 14.6. The Balaban J connectivity index is 1.70. The van der Waals surface area contributed by atoms with Crippen LogP contribution in [0.4, 0.5) is 0 Å². The van der Waals surface area contributed by atoms with E-state index in [0.717, 1.165) is 0 Å². The second kappa shape index (κ2) is 7.10. The summed E-state index contributed by atoms with van der Waals surface area (Å²) in [6.07, 6.45) is -0.313. The molecule has 7 heteroatoms. The summed E-state index contributed by atoms with van der Waals surface area (Å²) in [4.78, 5) is 17.5. The first kappa shape index (κ1) is 16.5. The molecule has 0 saturated heterocycles. The van der Waals surface area contributed by atoms with E-state index in [1.807, 2.05) is 36.4 Å². The fourth-order valence-electron chi connectivity index (χ4n) is 2.87. The van der Waals surface area contributed by atoms with Gasteiger partial charge in [0.1, 0.15) is 6.61 Å². The molecule has 3 aromatic rings. The molecule has 0 N–H and O–H groups in total. The number of nitriles is 1. The molecule has 0 unspecified atom stereocenters. The molecule has 0 radical (unpaired) electrons. The summed E-state index contributed by atoms with van der Waals surface area (Å²) in [5.41, 5.74) is 0.485. The largest absolute Gasteiger partial charge is 0.486 e. The van der Waals surface area contributed by atoms with E-state index >= 15 is 0 Å². The molecule has 0 fully saturated rings. The lowest BCUT2D eigenvalue weighted by atomic mass is 10.2. The average Bonchev–Trinajstić information content (AvgIpc) is 2.69. The van der Waals surface area contributed by atoms with Gasteiger partial charge in [-0.1, -0.05) is 36.0 Å². The van der Waals surface area contributed by atoms with Gasteiger partial charge in [0.2, 0.25) is 0 Å². The van der Waals surface area contributed by atoms with Crippen LogP contribution in [0, 0.1) is 11.3 Å². The number of benzene rings is 2. The lowest BCUT2D eigenvalue weighted by molar-refractivity contribution is 0.0757. The van der Waals surface area contributed by atoms with Gasteiger partial charge in [-0.05, 0) is 24.3 Å². The van der Waals surface area contributed by atoms with Crippen molar-refractivity contribution >= 4 is 22.7 Å². The Kier molecular flexibility index (Phi) is 4.50. The standard InChI is InChI=1S/C19H15N3O3S/c20-9-10-26-19-21-15-6-2-1-5-14(15)18(23)22(19)11-13-12-24-16-7-3-4-8-17(16)25-13/h1-8,13H,10-12H2/t13-/m1/s1. The number of nitrogens with zero attached hydrogens (tertiary/aromatic N) is 3. The van der Waals surface area contributed by atoms with Crippen molar-refractivity contribution in [3.05, 3.63) is 58.9 Å². The third-order valence-corrected chi connectivity index (χ3v) is 4.89. The van der Waals surface area contributed by atoms with Gasteiger partial charge in [-0.2, -0.15) is 5.26 Å². The second-order valence-corrected chi connectivity index (χ2v) is 6.71. The molecule has 6 nitrogen and oxygen atoms in total. The second-order valence-electron chi connectivity index (χ2n) is 5.77. The van der Waals surface area contributed by atoms with Crippen molar-refractivity contribution in [1.29, 1.82) is 5.26 Å². The monoisotopic (exact) mass is 365 g/mol. The van der Waals surface area contributed by atoms with Crippen LogP contribution in [0.2, 0.25) is 0 Å². The van der Waals surface area contributed by atoms with Gasteiger partial charge >= 0.3 is 0 Å². The predicted octanol–water partition coefficient (Wildman–Crippen LogP) is 2.85. The summed E-state index contributed by atoms with van der Waals surface area (Å²) in [6, 6.07) is 16.7. The molecule has 1 aromatic heterocycles. The number of fused-ring (bicyclic) bond motifs is 2. The van der Waals surface area contributed by atoms with Crippen molar-refractivity contribution < 1.29 is 9.47 Å². The molecule has 0 aliphatic carbocycles. The third-order valence-electron chi connectivity index (χ3n) is 4.05. The quantitative estimate of drug-likeness (QED) is 0.523. The minimum Gasteiger partial charge on any atom is -0.486 e. The van der Waals surface area contributed by atoms with E-state index in [1.165, 1.54) is 11.8 Å². The van der Waals surface area contributed by atoms with E-state index in [4.69, 9.17) is 14.7 Å². The first-order valence-corrected chi connectivity index (χ1v) is 9.12. The Labute approximate surface area is 154 Å². The molecule has 1 atom stereocenters. The van der Waals surface area contributed by atoms with E-state index in [0.29, 0.717) is 40.7 Å². The Hall–Kier alpha value is -2.98. The maximum atomic E-state index is 13.0. The van der Waals surface area contributed by atoms with Gasteiger partial charge in [0.05, 0.1) is 29.3 Å². The van der Waals surface area contributed by atoms with E-state index in [-0.39, 0.29) is 17.4 Å². The Bertz CT molecular complexity index is 1060. The number of aromatic nitrogens is 2. The van der Waals surface area contributed by atoms with E-state index in [9.17, 15) is 4.79 Å². The van der Waals surface area contributed by atoms with E-state index in [1.54, 1.807) is 16.7 Å². The summed E-state index contributed by atoms with van der Waals surface area (Å²) < 4.78 is 13.3. The van der Waals surface area contributed by atoms with Crippen LogP contribution in [0.3, 0.4) is 0 Å². The highest BCUT2D eigenvalue weighted by atomic mass is 32.2. The summed E-state index contributed by atoms with van der Waals surface area (Å²) in [5.74, 6) is 1.58. The minimum absolute atomic E-state index is 0.140. The minimum atomic E-state index is -0.313. The first-order valence-electron chi connectivity index (χ1n) is 8.14. The fraction of sp³-hybridized carbons (Fsp3) is 0.211. The fourth-order valence-corrected chi connectivity index (χ4v) is 3.54. The summed E-state index contributed by atoms with van der Waals surface area (Å²) >= 11 is 1.24. The third kappa shape index (κ3) is 3.11. The molecular formula is C19H15N3O3S. The number of rotatable bonds is 4. The number of ether oxygens (including phenoxy) is 2. The molecule has 1 aliphatic heterocycles. The maximum Gasteiger partial charge on any atom is 0.262 e. The van der Waals surface area contributed by atoms with Crippen LogP contribution >= 0.6 is 11.8 Å². The predicted molar refractivity (Wildman–Crippen MR) is 98.7 cm³/mol. The van der Waals surface area contributed by atoms with Crippen LogP contribution in [-0.4, -0.2) is 28.0 Å². The number of thioether (sulfide) groups is 1. The van der Waals surface area contributed by atoms with Gasteiger partial charge in [-0.15, -0.1) is 0 Å². The molecule has 2 heterocycles. The molecular weight excluding hydrogens is 350 g/mol. The van der Waals surface area contributed by atoms with Crippen LogP contribution in [-0.2, 0) is 6.54 Å². The maximum absolute atomic E-state index is 13.0. The van der Waals surface area contributed by atoms with Crippen LogP contribution < -0.4 is 15.0 Å². The molecule has 4 rings (SSSR count). The number of hydrogen-bond donors (Lipinski definition) is 0. The number of hydrogen-bond acceptors (Lipinski definition) is 6. The van der Waals surface area contributed by atoms with Crippen LogP contribution in [0.15, 0.2) is 58.5 Å². The average molecular weight is 365 g/mol. The van der Waals surface area contributed by atoms with Crippen molar-refractivity contribution in [3.8, 4) is 17.6 Å². The Morgan fingerprint density at radius 2 is 1.96 bits per heavy atom. The zero-order valence-electron chi connectivity index (χ0n) is 13.8. The Morgan fingerprint density at radius 3 is 2.81 bits per heavy atom. The topological polar surface area (TPSA) is 77.1 Å². The van der Waals surface area contributed by atoms with Gasteiger partial charge in [0.15, 0.2) is 22.8 Å². The summed E-state index contributed by atoms with van der Waals surface area (Å²) in [7, 11) is 0. The van der Waals surface area contributed by atoms with Crippen molar-refractivity contribution in [2.75, 3.05) is 12.4 Å². The molecule has 0 saturated carbocycles. The van der Waals surface area contributed by atoms with Crippen molar-refractivity contribution in [3.63, 3.8) is 0 Å². The molecule has 130 valence electrons. The molecule has 2 aromatic carbocycles. The summed E-state index contributed by atoms with van der Waals surface area (Å²) in [5, 5.41) is 9.96. The van der Waals surface area contributed by atoms with Crippen molar-refractivity contribution in [2.45, 2.75) is 17.8 Å². The summed E-state index contributed by atoms with van der Waals surface area (Å²) in [6.45, 7) is 0.650. The van der Waals surface area contributed by atoms with Gasteiger partial charge in [-0.3, -0.25) is 9.36 Å². The zero-order chi connectivity index (χ0) is 17.9. The van der Waals surface area contributed by atoms with Gasteiger partial charge in [0.25, 0.3) is 5.56 Å². The molecule has 0 spiro atoms. The van der Waals surface area contributed by atoms with Gasteiger partial charge in [0, 0.05) is 0 Å².